The van der Waals surface area contributed by atoms with Gasteiger partial charge in [0.2, 0.25) is 35.0 Å². The van der Waals surface area contributed by atoms with Crippen molar-refractivity contribution in [1.29, 1.82) is 0 Å². The maximum atomic E-state index is 14.4. The SMILES string of the molecule is CC(C)[C@H]1CCN(C(=O)[C@@H](NC(=O)OC(C)(C)C(F)(F)F)C2CCCCC2)[C@@H]1C(=O)NC(CC1CCC1)C(=O)C(=O)NCC(=O)N[C@H](C(=O)N(C)C)c1ccccc1. The topological polar surface area (TPSA) is 183 Å². The van der Waals surface area contributed by atoms with E-state index in [9.17, 15) is 46.7 Å². The molecule has 1 aromatic carbocycles. The van der Waals surface area contributed by atoms with E-state index in [1.807, 2.05) is 13.8 Å². The fourth-order valence-electron chi connectivity index (χ4n) is 7.93. The number of alkyl halides is 3. The summed E-state index contributed by atoms with van der Waals surface area (Å²) >= 11 is 0. The average Bonchev–Trinajstić information content (AvgIpc) is 3.61. The van der Waals surface area contributed by atoms with Crippen molar-refractivity contribution in [1.82, 2.24) is 31.1 Å². The van der Waals surface area contributed by atoms with Crippen molar-refractivity contribution in [3.05, 3.63) is 35.9 Å². The normalized spacial score (nSPS) is 20.6. The number of hydrogen-bond acceptors (Lipinski definition) is 8. The molecule has 0 aromatic heterocycles. The van der Waals surface area contributed by atoms with Crippen LogP contribution in [-0.2, 0) is 33.5 Å². The Bertz CT molecular complexity index is 1650. The Kier molecular flexibility index (Phi) is 15.7. The second-order valence-corrected chi connectivity index (χ2v) is 16.9. The number of benzene rings is 1. The summed E-state index contributed by atoms with van der Waals surface area (Å²) in [7, 11) is 3.08. The minimum Gasteiger partial charge on any atom is -0.434 e. The lowest BCUT2D eigenvalue weighted by molar-refractivity contribution is -0.244. The van der Waals surface area contributed by atoms with Crippen LogP contribution in [0.4, 0.5) is 18.0 Å². The lowest BCUT2D eigenvalue weighted by Crippen LogP contribution is -2.60. The van der Waals surface area contributed by atoms with Crippen LogP contribution in [-0.4, -0.2) is 108 Å². The van der Waals surface area contributed by atoms with E-state index in [-0.39, 0.29) is 30.7 Å². The van der Waals surface area contributed by atoms with Crippen LogP contribution in [0.1, 0.15) is 104 Å². The maximum Gasteiger partial charge on any atom is 0.427 e. The van der Waals surface area contributed by atoms with Gasteiger partial charge in [-0.05, 0) is 68.8 Å². The molecule has 1 unspecified atom stereocenters. The number of hydrogen-bond donors (Lipinski definition) is 4. The smallest absolute Gasteiger partial charge is 0.427 e. The summed E-state index contributed by atoms with van der Waals surface area (Å²) in [4.78, 5) is 97.3. The van der Waals surface area contributed by atoms with Crippen LogP contribution >= 0.6 is 0 Å². The number of carbonyl (C=O) groups excluding carboxylic acids is 7. The molecule has 3 aliphatic rings. The highest BCUT2D eigenvalue weighted by Crippen LogP contribution is 2.36. The average molecular weight is 821 g/mol. The number of likely N-dealkylation sites (N-methyl/N-ethyl adjacent to an activating group) is 1. The van der Waals surface area contributed by atoms with Crippen LogP contribution in [0, 0.1) is 23.7 Å². The van der Waals surface area contributed by atoms with Gasteiger partial charge in [0.25, 0.3) is 5.91 Å². The molecule has 0 bridgehead atoms. The number of likely N-dealkylation sites (tertiary alicyclic amines) is 1. The van der Waals surface area contributed by atoms with E-state index in [1.165, 1.54) is 23.9 Å². The molecule has 2 aliphatic carbocycles. The largest absolute Gasteiger partial charge is 0.434 e. The lowest BCUT2D eigenvalue weighted by Gasteiger charge is -2.37. The van der Waals surface area contributed by atoms with Gasteiger partial charge in [-0.15, -0.1) is 0 Å². The van der Waals surface area contributed by atoms with E-state index in [2.05, 4.69) is 21.3 Å². The molecule has 4 rings (SSSR count). The van der Waals surface area contributed by atoms with Crippen LogP contribution in [0.5, 0.6) is 0 Å². The number of carbonyl (C=O) groups is 7. The minimum absolute atomic E-state index is 0.0445. The summed E-state index contributed by atoms with van der Waals surface area (Å²) < 4.78 is 45.6. The monoisotopic (exact) mass is 820 g/mol. The Hall–Kier alpha value is -4.70. The quantitative estimate of drug-likeness (QED) is 0.179. The zero-order chi connectivity index (χ0) is 42.9. The highest BCUT2D eigenvalue weighted by molar-refractivity contribution is 6.38. The van der Waals surface area contributed by atoms with Crippen molar-refractivity contribution in [2.75, 3.05) is 27.2 Å². The summed E-state index contributed by atoms with van der Waals surface area (Å²) in [5, 5.41) is 10.1. The second kappa shape index (κ2) is 19.8. The summed E-state index contributed by atoms with van der Waals surface area (Å²) in [6.45, 7) is 4.68. The van der Waals surface area contributed by atoms with Gasteiger partial charge in [0.1, 0.15) is 18.1 Å². The number of amides is 6. The van der Waals surface area contributed by atoms with Gasteiger partial charge in [-0.3, -0.25) is 28.8 Å². The molecule has 5 atom stereocenters. The molecule has 2 saturated carbocycles. The number of nitrogens with zero attached hydrogens (tertiary/aromatic N) is 2. The van der Waals surface area contributed by atoms with Gasteiger partial charge in [0.05, 0.1) is 12.6 Å². The van der Waals surface area contributed by atoms with Gasteiger partial charge in [0.15, 0.2) is 0 Å². The third-order valence-electron chi connectivity index (χ3n) is 11.7. The van der Waals surface area contributed by atoms with E-state index >= 15 is 0 Å². The lowest BCUT2D eigenvalue weighted by atomic mass is 9.80. The van der Waals surface area contributed by atoms with Gasteiger partial charge >= 0.3 is 12.3 Å². The van der Waals surface area contributed by atoms with Gasteiger partial charge in [0, 0.05) is 20.6 Å². The van der Waals surface area contributed by atoms with Crippen molar-refractivity contribution >= 4 is 41.4 Å². The molecule has 1 saturated heterocycles. The first-order chi connectivity index (χ1) is 27.2. The van der Waals surface area contributed by atoms with Gasteiger partial charge in [-0.25, -0.2) is 4.79 Å². The van der Waals surface area contributed by atoms with Crippen molar-refractivity contribution in [3.8, 4) is 0 Å². The molecule has 1 heterocycles. The number of nitrogens with one attached hydrogen (secondary N) is 4. The first kappa shape index (κ1) is 46.0. The number of alkyl carbamates (subject to hydrolysis) is 1. The highest BCUT2D eigenvalue weighted by atomic mass is 19.4. The Labute approximate surface area is 338 Å². The van der Waals surface area contributed by atoms with Crippen molar-refractivity contribution in [2.24, 2.45) is 23.7 Å². The fourth-order valence-corrected chi connectivity index (χ4v) is 7.93. The van der Waals surface area contributed by atoms with E-state index < -0.39 is 89.8 Å². The van der Waals surface area contributed by atoms with Gasteiger partial charge < -0.3 is 35.8 Å². The van der Waals surface area contributed by atoms with Crippen LogP contribution in [0.15, 0.2) is 30.3 Å². The van der Waals surface area contributed by atoms with Crippen LogP contribution in [0.25, 0.3) is 0 Å². The number of rotatable bonds is 16. The molecular weight excluding hydrogens is 761 g/mol. The fraction of sp³-hybridized carbons (Fsp3) is 0.683. The summed E-state index contributed by atoms with van der Waals surface area (Å²) in [5.74, 6) is -5.41. The molecule has 1 aliphatic heterocycles. The molecule has 6 amide bonds. The molecule has 17 heteroatoms. The molecule has 322 valence electrons. The molecule has 3 fully saturated rings. The molecule has 58 heavy (non-hydrogen) atoms. The zero-order valence-electron chi connectivity index (χ0n) is 34.3. The Morgan fingerprint density at radius 2 is 1.50 bits per heavy atom. The Morgan fingerprint density at radius 3 is 2.05 bits per heavy atom. The van der Waals surface area contributed by atoms with Crippen molar-refractivity contribution < 1.29 is 51.5 Å². The Balaban J connectivity index is 1.51. The molecule has 1 aromatic rings. The number of ketones is 1. The predicted molar refractivity (Wildman–Crippen MR) is 206 cm³/mol. The molecule has 4 N–H and O–H groups in total. The molecule has 0 spiro atoms. The number of halogens is 3. The number of ether oxygens (including phenoxy) is 1. The van der Waals surface area contributed by atoms with Crippen LogP contribution in [0.3, 0.4) is 0 Å². The predicted octanol–water partition coefficient (Wildman–Crippen LogP) is 4.18. The van der Waals surface area contributed by atoms with E-state index in [0.717, 1.165) is 38.5 Å². The highest BCUT2D eigenvalue weighted by Gasteiger charge is 2.52. The Morgan fingerprint density at radius 1 is 0.862 bits per heavy atom. The second-order valence-electron chi connectivity index (χ2n) is 16.9. The zero-order valence-corrected chi connectivity index (χ0v) is 34.3. The summed E-state index contributed by atoms with van der Waals surface area (Å²) in [6.07, 6.45) is 0.200. The van der Waals surface area contributed by atoms with Crippen LogP contribution in [0.2, 0.25) is 0 Å². The number of Topliss-reactive ketones (excluding diaryl/α,β-unsaturated/α-hetero) is 1. The van der Waals surface area contributed by atoms with Gasteiger partial charge in [-0.2, -0.15) is 13.2 Å². The van der Waals surface area contributed by atoms with E-state index in [4.69, 9.17) is 4.74 Å². The molecular formula is C41H59F3N6O8. The van der Waals surface area contributed by atoms with Crippen molar-refractivity contribution in [3.63, 3.8) is 0 Å². The van der Waals surface area contributed by atoms with Crippen molar-refractivity contribution in [2.45, 2.75) is 128 Å². The first-order valence-electron chi connectivity index (χ1n) is 20.3. The van der Waals surface area contributed by atoms with E-state index in [1.54, 1.807) is 30.3 Å². The molecule has 0 radical (unpaired) electrons. The standard InChI is InChI=1S/C41H59F3N6O8/c1-24(2)28-20-21-50(38(56)32(27-18-11-8-12-19-27)48-39(57)58-40(3,4)41(42,43)44)33(28)35(53)46-29(22-25-14-13-15-25)34(52)36(54)45-23-30(51)47-31(37(55)49(5)6)26-16-9-7-10-17-26/h7,9-10,16-17,24-25,27-29,31-33H,8,11-15,18-23H2,1-6H3,(H,45,54)(H,46,53)(H,47,51)(H,48,57)/t28-,29?,31+,32+,33+/m1/s1. The van der Waals surface area contributed by atoms with E-state index in [0.29, 0.717) is 38.7 Å². The van der Waals surface area contributed by atoms with Crippen LogP contribution < -0.4 is 21.3 Å². The summed E-state index contributed by atoms with van der Waals surface area (Å²) in [5.41, 5.74) is -2.31. The third kappa shape index (κ3) is 11.7. The third-order valence-corrected chi connectivity index (χ3v) is 11.7. The maximum absolute atomic E-state index is 14.4. The summed E-state index contributed by atoms with van der Waals surface area (Å²) in [6, 6.07) is 3.82. The molecule has 14 nitrogen and oxygen atoms in total. The van der Waals surface area contributed by atoms with Gasteiger partial charge in [-0.1, -0.05) is 82.7 Å². The minimum atomic E-state index is -4.87. The first-order valence-corrected chi connectivity index (χ1v) is 20.3.